The van der Waals surface area contributed by atoms with Crippen molar-refractivity contribution >= 4 is 0 Å². The molecule has 0 aliphatic rings. The summed E-state index contributed by atoms with van der Waals surface area (Å²) in [6.45, 7) is 12.6. The lowest BCUT2D eigenvalue weighted by atomic mass is 9.86. The predicted molar refractivity (Wildman–Crippen MR) is 82.0 cm³/mol. The smallest absolute Gasteiger partial charge is 0.119 e. The van der Waals surface area contributed by atoms with E-state index < -0.39 is 0 Å². The molecule has 19 heavy (non-hydrogen) atoms. The molecule has 0 saturated carbocycles. The van der Waals surface area contributed by atoms with E-state index in [2.05, 4.69) is 46.8 Å². The van der Waals surface area contributed by atoms with Crippen LogP contribution in [0.25, 0.3) is 11.1 Å². The quantitative estimate of drug-likeness (QED) is 0.766. The highest BCUT2D eigenvalue weighted by Gasteiger charge is 2.15. The lowest BCUT2D eigenvalue weighted by molar-refractivity contribution is 0.470. The Balaban J connectivity index is 2.88. The van der Waals surface area contributed by atoms with Gasteiger partial charge in [0.15, 0.2) is 0 Å². The zero-order chi connectivity index (χ0) is 14.3. The molecule has 0 radical (unpaired) electrons. The number of aromatic hydroxyl groups is 1. The van der Waals surface area contributed by atoms with Gasteiger partial charge in [-0.2, -0.15) is 0 Å². The van der Waals surface area contributed by atoms with Gasteiger partial charge in [-0.3, -0.25) is 0 Å². The van der Waals surface area contributed by atoms with Gasteiger partial charge in [-0.1, -0.05) is 12.1 Å². The summed E-state index contributed by atoms with van der Waals surface area (Å²) in [6.07, 6.45) is 0. The molecule has 0 fully saturated rings. The summed E-state index contributed by atoms with van der Waals surface area (Å²) >= 11 is 0. The third-order valence-electron chi connectivity index (χ3n) is 4.26. The van der Waals surface area contributed by atoms with Crippen molar-refractivity contribution in [2.24, 2.45) is 0 Å². The fourth-order valence-corrected chi connectivity index (χ4v) is 2.78. The standard InChI is InChI=1S/C18H22O/c1-10-7-8-11(2)17(13(10)4)18-12(3)9-16(19)14(5)15(18)6/h7-9,19H,1-6H3. The summed E-state index contributed by atoms with van der Waals surface area (Å²) in [5.74, 6) is 0.390. The highest BCUT2D eigenvalue weighted by atomic mass is 16.3. The molecule has 100 valence electrons. The molecule has 0 aliphatic carbocycles. The molecule has 0 heterocycles. The molecule has 0 amide bonds. The van der Waals surface area contributed by atoms with Gasteiger partial charge in [-0.15, -0.1) is 0 Å². The first-order chi connectivity index (χ1) is 8.84. The molecule has 2 rings (SSSR count). The van der Waals surface area contributed by atoms with Gasteiger partial charge in [-0.05, 0) is 92.1 Å². The van der Waals surface area contributed by atoms with Gasteiger partial charge < -0.3 is 5.11 Å². The van der Waals surface area contributed by atoms with E-state index >= 15 is 0 Å². The minimum atomic E-state index is 0.390. The summed E-state index contributed by atoms with van der Waals surface area (Å²) < 4.78 is 0. The average molecular weight is 254 g/mol. The number of phenolic OH excluding ortho intramolecular Hbond substituents is 1. The van der Waals surface area contributed by atoms with Crippen LogP contribution in [0.15, 0.2) is 18.2 Å². The monoisotopic (exact) mass is 254 g/mol. The highest BCUT2D eigenvalue weighted by Crippen LogP contribution is 2.38. The van der Waals surface area contributed by atoms with E-state index in [0.717, 1.165) is 11.1 Å². The molecule has 0 spiro atoms. The number of phenols is 1. The van der Waals surface area contributed by atoms with E-state index in [9.17, 15) is 5.11 Å². The van der Waals surface area contributed by atoms with E-state index in [4.69, 9.17) is 0 Å². The van der Waals surface area contributed by atoms with Crippen molar-refractivity contribution in [2.75, 3.05) is 0 Å². The summed E-state index contributed by atoms with van der Waals surface area (Å²) in [6, 6.07) is 6.23. The molecule has 0 atom stereocenters. The summed E-state index contributed by atoms with van der Waals surface area (Å²) in [5, 5.41) is 9.95. The third-order valence-corrected chi connectivity index (χ3v) is 4.26. The Kier molecular flexibility index (Phi) is 3.40. The molecule has 2 aromatic rings. The maximum atomic E-state index is 9.95. The van der Waals surface area contributed by atoms with Gasteiger partial charge in [-0.25, -0.2) is 0 Å². The van der Waals surface area contributed by atoms with Gasteiger partial charge in [0.2, 0.25) is 0 Å². The second-order valence-corrected chi connectivity index (χ2v) is 5.54. The van der Waals surface area contributed by atoms with Crippen LogP contribution in [-0.4, -0.2) is 5.11 Å². The van der Waals surface area contributed by atoms with Crippen LogP contribution in [0.2, 0.25) is 0 Å². The second-order valence-electron chi connectivity index (χ2n) is 5.54. The molecular formula is C18H22O. The first-order valence-electron chi connectivity index (χ1n) is 6.71. The van der Waals surface area contributed by atoms with Crippen LogP contribution in [0.1, 0.15) is 33.4 Å². The maximum absolute atomic E-state index is 9.95. The SMILES string of the molecule is Cc1ccc(C)c(-c2c(C)cc(O)c(C)c2C)c1C. The van der Waals surface area contributed by atoms with Crippen molar-refractivity contribution in [2.45, 2.75) is 41.5 Å². The van der Waals surface area contributed by atoms with Gasteiger partial charge >= 0.3 is 0 Å². The number of aryl methyl sites for hydroxylation is 3. The van der Waals surface area contributed by atoms with Crippen molar-refractivity contribution < 1.29 is 5.11 Å². The van der Waals surface area contributed by atoms with E-state index in [1.807, 2.05) is 13.0 Å². The van der Waals surface area contributed by atoms with E-state index in [1.54, 1.807) is 0 Å². The topological polar surface area (TPSA) is 20.2 Å². The summed E-state index contributed by atoms with van der Waals surface area (Å²) in [7, 11) is 0. The molecule has 0 saturated heterocycles. The normalized spacial score (nSPS) is 10.8. The van der Waals surface area contributed by atoms with Gasteiger partial charge in [0.05, 0.1) is 0 Å². The lowest BCUT2D eigenvalue weighted by Gasteiger charge is -2.19. The maximum Gasteiger partial charge on any atom is 0.119 e. The van der Waals surface area contributed by atoms with Gasteiger partial charge in [0, 0.05) is 0 Å². The Morgan fingerprint density at radius 2 is 1.16 bits per heavy atom. The van der Waals surface area contributed by atoms with Crippen LogP contribution in [0.4, 0.5) is 0 Å². The first kappa shape index (κ1) is 13.7. The fraction of sp³-hybridized carbons (Fsp3) is 0.333. The second kappa shape index (κ2) is 4.73. The van der Waals surface area contributed by atoms with Crippen molar-refractivity contribution in [3.05, 3.63) is 51.6 Å². The van der Waals surface area contributed by atoms with Crippen molar-refractivity contribution in [3.8, 4) is 16.9 Å². The third kappa shape index (κ3) is 2.14. The number of rotatable bonds is 1. The highest BCUT2D eigenvalue weighted by molar-refractivity contribution is 5.79. The Morgan fingerprint density at radius 1 is 0.632 bits per heavy atom. The molecule has 0 aromatic heterocycles. The fourth-order valence-electron chi connectivity index (χ4n) is 2.78. The Morgan fingerprint density at radius 3 is 1.79 bits per heavy atom. The molecule has 1 N–H and O–H groups in total. The number of hydrogen-bond donors (Lipinski definition) is 1. The van der Waals surface area contributed by atoms with Gasteiger partial charge in [0.25, 0.3) is 0 Å². The zero-order valence-corrected chi connectivity index (χ0v) is 12.7. The molecule has 0 unspecified atom stereocenters. The Labute approximate surface area is 115 Å². The predicted octanol–water partition coefficient (Wildman–Crippen LogP) is 4.91. The molecule has 1 heteroatoms. The summed E-state index contributed by atoms with van der Waals surface area (Å²) in [5.41, 5.74) is 9.81. The van der Waals surface area contributed by atoms with Crippen molar-refractivity contribution in [1.82, 2.24) is 0 Å². The summed E-state index contributed by atoms with van der Waals surface area (Å²) in [4.78, 5) is 0. The van der Waals surface area contributed by atoms with E-state index in [1.165, 1.54) is 33.4 Å². The average Bonchev–Trinajstić information content (AvgIpc) is 2.35. The van der Waals surface area contributed by atoms with Crippen LogP contribution in [0.3, 0.4) is 0 Å². The molecule has 0 aliphatic heterocycles. The minimum Gasteiger partial charge on any atom is -0.508 e. The van der Waals surface area contributed by atoms with Crippen LogP contribution in [0, 0.1) is 41.5 Å². The Bertz CT molecular complexity index is 651. The largest absolute Gasteiger partial charge is 0.508 e. The van der Waals surface area contributed by atoms with Crippen molar-refractivity contribution in [3.63, 3.8) is 0 Å². The lowest BCUT2D eigenvalue weighted by Crippen LogP contribution is -1.98. The van der Waals surface area contributed by atoms with Gasteiger partial charge in [0.1, 0.15) is 5.75 Å². The van der Waals surface area contributed by atoms with Crippen LogP contribution < -0.4 is 0 Å². The minimum absolute atomic E-state index is 0.390. The van der Waals surface area contributed by atoms with Crippen LogP contribution in [0.5, 0.6) is 5.75 Å². The molecular weight excluding hydrogens is 232 g/mol. The first-order valence-corrected chi connectivity index (χ1v) is 6.71. The molecule has 1 nitrogen and oxygen atoms in total. The van der Waals surface area contributed by atoms with E-state index in [-0.39, 0.29) is 0 Å². The Hall–Kier alpha value is -1.76. The van der Waals surface area contributed by atoms with E-state index in [0.29, 0.717) is 5.75 Å². The number of benzene rings is 2. The molecule has 0 bridgehead atoms. The zero-order valence-electron chi connectivity index (χ0n) is 12.7. The van der Waals surface area contributed by atoms with Crippen LogP contribution >= 0.6 is 0 Å². The van der Waals surface area contributed by atoms with Crippen molar-refractivity contribution in [1.29, 1.82) is 0 Å². The number of hydrogen-bond acceptors (Lipinski definition) is 1. The van der Waals surface area contributed by atoms with Crippen LogP contribution in [-0.2, 0) is 0 Å². The molecule has 2 aromatic carbocycles.